The Morgan fingerprint density at radius 1 is 1.24 bits per heavy atom. The van der Waals surface area contributed by atoms with Gasteiger partial charge >= 0.3 is 0 Å². The Bertz CT molecular complexity index is 611. The van der Waals surface area contributed by atoms with Crippen molar-refractivity contribution in [3.63, 3.8) is 0 Å². The largest absolute Gasteiger partial charge is 0.494 e. The number of carbonyl (C=O) groups is 1. The van der Waals surface area contributed by atoms with E-state index in [9.17, 15) is 4.79 Å². The Kier molecular flexibility index (Phi) is 4.82. The van der Waals surface area contributed by atoms with Crippen molar-refractivity contribution in [3.8, 4) is 5.75 Å². The fourth-order valence-corrected chi connectivity index (χ4v) is 2.11. The number of ether oxygens (including phenoxy) is 1. The van der Waals surface area contributed by atoms with E-state index in [-0.39, 0.29) is 11.9 Å². The predicted octanol–water partition coefficient (Wildman–Crippen LogP) is 3.16. The molecule has 2 aromatic carbocycles. The first-order chi connectivity index (χ1) is 10.1. The van der Waals surface area contributed by atoms with E-state index >= 15 is 0 Å². The van der Waals surface area contributed by atoms with Gasteiger partial charge in [0, 0.05) is 17.3 Å². The molecule has 21 heavy (non-hydrogen) atoms. The molecule has 0 unspecified atom stereocenters. The number of nitrogens with two attached hydrogens (primary N) is 1. The van der Waals surface area contributed by atoms with Crippen molar-refractivity contribution in [2.75, 3.05) is 12.3 Å². The Balaban J connectivity index is 2.13. The summed E-state index contributed by atoms with van der Waals surface area (Å²) in [6.45, 7) is 4.37. The second kappa shape index (κ2) is 6.79. The van der Waals surface area contributed by atoms with E-state index in [2.05, 4.69) is 5.32 Å². The van der Waals surface area contributed by atoms with Crippen molar-refractivity contribution >= 4 is 11.6 Å². The molecule has 1 amide bonds. The van der Waals surface area contributed by atoms with Crippen LogP contribution in [-0.2, 0) is 0 Å². The molecule has 0 saturated carbocycles. The Labute approximate surface area is 124 Å². The molecule has 110 valence electrons. The minimum absolute atomic E-state index is 0.0734. The van der Waals surface area contributed by atoms with Crippen LogP contribution in [0.5, 0.6) is 5.75 Å². The van der Waals surface area contributed by atoms with Crippen molar-refractivity contribution in [1.82, 2.24) is 5.32 Å². The van der Waals surface area contributed by atoms with E-state index in [1.165, 1.54) is 0 Å². The Hall–Kier alpha value is -2.49. The van der Waals surface area contributed by atoms with Crippen molar-refractivity contribution in [2.24, 2.45) is 0 Å². The molecule has 2 rings (SSSR count). The van der Waals surface area contributed by atoms with Crippen molar-refractivity contribution < 1.29 is 9.53 Å². The molecule has 0 radical (unpaired) electrons. The van der Waals surface area contributed by atoms with Crippen LogP contribution in [0.4, 0.5) is 5.69 Å². The number of nitrogen functional groups attached to an aromatic ring is 1. The van der Waals surface area contributed by atoms with E-state index in [1.807, 2.05) is 44.2 Å². The van der Waals surface area contributed by atoms with Crippen LogP contribution in [0.15, 0.2) is 48.5 Å². The van der Waals surface area contributed by atoms with Gasteiger partial charge in [0.2, 0.25) is 0 Å². The summed E-state index contributed by atoms with van der Waals surface area (Å²) in [6.07, 6.45) is 0. The lowest BCUT2D eigenvalue weighted by molar-refractivity contribution is 0.0939. The molecule has 4 nitrogen and oxygen atoms in total. The third-order valence-corrected chi connectivity index (χ3v) is 3.15. The maximum absolute atomic E-state index is 12.3. The first kappa shape index (κ1) is 14.9. The van der Waals surface area contributed by atoms with Gasteiger partial charge in [0.05, 0.1) is 12.6 Å². The van der Waals surface area contributed by atoms with E-state index in [1.54, 1.807) is 18.2 Å². The molecular formula is C17H20N2O2. The van der Waals surface area contributed by atoms with Gasteiger partial charge < -0.3 is 15.8 Å². The fourth-order valence-electron chi connectivity index (χ4n) is 2.11. The van der Waals surface area contributed by atoms with E-state index in [0.29, 0.717) is 23.6 Å². The number of hydrogen-bond acceptors (Lipinski definition) is 3. The third-order valence-electron chi connectivity index (χ3n) is 3.15. The number of hydrogen-bond donors (Lipinski definition) is 2. The summed E-state index contributed by atoms with van der Waals surface area (Å²) in [7, 11) is 0. The van der Waals surface area contributed by atoms with Crippen LogP contribution in [0.1, 0.15) is 35.8 Å². The highest BCUT2D eigenvalue weighted by Gasteiger charge is 2.12. The number of amides is 1. The molecule has 0 spiro atoms. The van der Waals surface area contributed by atoms with Gasteiger partial charge in [-0.3, -0.25) is 4.79 Å². The molecule has 0 fully saturated rings. The molecule has 1 atom stereocenters. The number of nitrogens with one attached hydrogen (secondary N) is 1. The van der Waals surface area contributed by atoms with Crippen LogP contribution in [0.2, 0.25) is 0 Å². The van der Waals surface area contributed by atoms with Gasteiger partial charge in [-0.25, -0.2) is 0 Å². The quantitative estimate of drug-likeness (QED) is 0.829. The SMILES string of the molecule is CCOc1cc(N)cc(C(=O)N[C@@H](C)c2ccccc2)c1. The zero-order valence-electron chi connectivity index (χ0n) is 12.3. The molecule has 0 aliphatic carbocycles. The van der Waals surface area contributed by atoms with Crippen LogP contribution in [0, 0.1) is 0 Å². The third kappa shape index (κ3) is 3.99. The number of anilines is 1. The summed E-state index contributed by atoms with van der Waals surface area (Å²) in [5.74, 6) is 0.439. The number of carbonyl (C=O) groups excluding carboxylic acids is 1. The van der Waals surface area contributed by atoms with Crippen LogP contribution < -0.4 is 15.8 Å². The van der Waals surface area contributed by atoms with Gasteiger partial charge in [0.1, 0.15) is 5.75 Å². The molecule has 2 aromatic rings. The lowest BCUT2D eigenvalue weighted by Crippen LogP contribution is -2.26. The Morgan fingerprint density at radius 3 is 2.62 bits per heavy atom. The smallest absolute Gasteiger partial charge is 0.251 e. The summed E-state index contributed by atoms with van der Waals surface area (Å²) in [5, 5.41) is 2.96. The molecule has 0 aromatic heterocycles. The van der Waals surface area contributed by atoms with Crippen LogP contribution in [0.3, 0.4) is 0 Å². The highest BCUT2D eigenvalue weighted by Crippen LogP contribution is 2.20. The summed E-state index contributed by atoms with van der Waals surface area (Å²) in [5.41, 5.74) is 7.88. The molecular weight excluding hydrogens is 264 g/mol. The van der Waals surface area contributed by atoms with Crippen molar-refractivity contribution in [2.45, 2.75) is 19.9 Å². The predicted molar refractivity (Wildman–Crippen MR) is 84.3 cm³/mol. The Morgan fingerprint density at radius 2 is 1.95 bits per heavy atom. The van der Waals surface area contributed by atoms with Crippen LogP contribution in [0.25, 0.3) is 0 Å². The minimum atomic E-state index is -0.167. The molecule has 0 heterocycles. The summed E-state index contributed by atoms with van der Waals surface area (Å²) >= 11 is 0. The first-order valence-electron chi connectivity index (χ1n) is 6.99. The topological polar surface area (TPSA) is 64.3 Å². The van der Waals surface area contributed by atoms with Gasteiger partial charge in [-0.15, -0.1) is 0 Å². The maximum atomic E-state index is 12.3. The highest BCUT2D eigenvalue weighted by atomic mass is 16.5. The van der Waals surface area contributed by atoms with E-state index in [4.69, 9.17) is 10.5 Å². The fraction of sp³-hybridized carbons (Fsp3) is 0.235. The summed E-state index contributed by atoms with van der Waals surface area (Å²) in [6, 6.07) is 14.8. The molecule has 0 saturated heterocycles. The molecule has 3 N–H and O–H groups in total. The zero-order chi connectivity index (χ0) is 15.2. The van der Waals surface area contributed by atoms with E-state index in [0.717, 1.165) is 5.56 Å². The average molecular weight is 284 g/mol. The van der Waals surface area contributed by atoms with Crippen LogP contribution >= 0.6 is 0 Å². The van der Waals surface area contributed by atoms with Gasteiger partial charge in [-0.2, -0.15) is 0 Å². The van der Waals surface area contributed by atoms with Crippen molar-refractivity contribution in [1.29, 1.82) is 0 Å². The van der Waals surface area contributed by atoms with Gasteiger partial charge in [-0.1, -0.05) is 30.3 Å². The molecule has 0 bridgehead atoms. The van der Waals surface area contributed by atoms with Crippen LogP contribution in [-0.4, -0.2) is 12.5 Å². The maximum Gasteiger partial charge on any atom is 0.251 e. The second-order valence-electron chi connectivity index (χ2n) is 4.83. The lowest BCUT2D eigenvalue weighted by atomic mass is 10.1. The first-order valence-corrected chi connectivity index (χ1v) is 6.99. The molecule has 0 aliphatic heterocycles. The molecule has 0 aliphatic rings. The van der Waals surface area contributed by atoms with Gasteiger partial charge in [0.15, 0.2) is 0 Å². The van der Waals surface area contributed by atoms with Crippen molar-refractivity contribution in [3.05, 3.63) is 59.7 Å². The van der Waals surface area contributed by atoms with Gasteiger partial charge in [0.25, 0.3) is 5.91 Å². The normalized spacial score (nSPS) is 11.7. The number of benzene rings is 2. The standard InChI is InChI=1S/C17H20N2O2/c1-3-21-16-10-14(9-15(18)11-16)17(20)19-12(2)13-7-5-4-6-8-13/h4-12H,3,18H2,1-2H3,(H,19,20)/t12-/m0/s1. The van der Waals surface area contributed by atoms with E-state index < -0.39 is 0 Å². The zero-order valence-corrected chi connectivity index (χ0v) is 12.3. The lowest BCUT2D eigenvalue weighted by Gasteiger charge is -2.15. The molecule has 4 heteroatoms. The summed E-state index contributed by atoms with van der Waals surface area (Å²) < 4.78 is 5.41. The average Bonchev–Trinajstić information content (AvgIpc) is 2.48. The monoisotopic (exact) mass is 284 g/mol. The van der Waals surface area contributed by atoms with Gasteiger partial charge in [-0.05, 0) is 31.5 Å². The number of rotatable bonds is 5. The summed E-state index contributed by atoms with van der Waals surface area (Å²) in [4.78, 5) is 12.3. The minimum Gasteiger partial charge on any atom is -0.494 e. The second-order valence-corrected chi connectivity index (χ2v) is 4.83. The highest BCUT2D eigenvalue weighted by molar-refractivity contribution is 5.95.